The molecule has 178 valence electrons. The summed E-state index contributed by atoms with van der Waals surface area (Å²) in [6.45, 7) is 5.83. The van der Waals surface area contributed by atoms with Gasteiger partial charge in [0.2, 0.25) is 0 Å². The number of carbonyl (C=O) groups is 2. The van der Waals surface area contributed by atoms with Crippen molar-refractivity contribution in [1.82, 2.24) is 9.88 Å². The zero-order chi connectivity index (χ0) is 25.0. The van der Waals surface area contributed by atoms with E-state index in [1.54, 1.807) is 31.2 Å². The van der Waals surface area contributed by atoms with Gasteiger partial charge < -0.3 is 16.2 Å². The number of nitrogens with zero attached hydrogens (tertiary/aromatic N) is 1. The average molecular weight is 466 g/mol. The smallest absolute Gasteiger partial charge is 0.320 e. The van der Waals surface area contributed by atoms with Gasteiger partial charge in [-0.2, -0.15) is 0 Å². The molecule has 0 amide bonds. The molecule has 3 aromatic rings. The number of hydrogen-bond acceptors (Lipinski definition) is 5. The number of aromatic nitrogens is 1. The minimum absolute atomic E-state index is 0.0202. The van der Waals surface area contributed by atoms with Crippen LogP contribution < -0.4 is 16.6 Å². The number of halogens is 1. The van der Waals surface area contributed by atoms with E-state index in [0.29, 0.717) is 24.2 Å². The van der Waals surface area contributed by atoms with Gasteiger partial charge in [0.1, 0.15) is 17.7 Å². The van der Waals surface area contributed by atoms with Crippen molar-refractivity contribution in [2.45, 2.75) is 39.8 Å². The SMILES string of the molecule is Cc1cc(C(=O)c2ccc(=O)n(-c3ccc(CN[C@@H](CC(C)C)C(=O)O)cc3)c2N)ccc1F. The van der Waals surface area contributed by atoms with Crippen LogP contribution in [-0.4, -0.2) is 27.5 Å². The maximum Gasteiger partial charge on any atom is 0.320 e. The van der Waals surface area contributed by atoms with Crippen molar-refractivity contribution >= 4 is 17.6 Å². The minimum atomic E-state index is -0.900. The maximum atomic E-state index is 13.6. The summed E-state index contributed by atoms with van der Waals surface area (Å²) in [5, 5.41) is 12.4. The van der Waals surface area contributed by atoms with Crippen molar-refractivity contribution in [3.63, 3.8) is 0 Å². The molecule has 8 heteroatoms. The van der Waals surface area contributed by atoms with Gasteiger partial charge in [-0.05, 0) is 66.8 Å². The predicted octanol–water partition coefficient (Wildman–Crippen LogP) is 3.69. The number of aliphatic carboxylic acids is 1. The molecule has 0 saturated carbocycles. The van der Waals surface area contributed by atoms with Crippen LogP contribution in [0, 0.1) is 18.7 Å². The lowest BCUT2D eigenvalue weighted by Gasteiger charge is -2.17. The van der Waals surface area contributed by atoms with E-state index < -0.39 is 29.2 Å². The Balaban J connectivity index is 1.86. The number of nitrogen functional groups attached to an aromatic ring is 1. The Morgan fingerprint density at radius 2 is 1.76 bits per heavy atom. The van der Waals surface area contributed by atoms with E-state index in [4.69, 9.17) is 5.73 Å². The Hall–Kier alpha value is -3.78. The van der Waals surface area contributed by atoms with Crippen LogP contribution in [0.15, 0.2) is 59.4 Å². The van der Waals surface area contributed by atoms with Crippen LogP contribution in [0.25, 0.3) is 5.69 Å². The summed E-state index contributed by atoms with van der Waals surface area (Å²) in [5.41, 5.74) is 7.86. The Kier molecular flexibility index (Phi) is 7.63. The van der Waals surface area contributed by atoms with Gasteiger partial charge in [-0.3, -0.25) is 19.0 Å². The number of hydrogen-bond donors (Lipinski definition) is 3. The van der Waals surface area contributed by atoms with Crippen LogP contribution in [0.3, 0.4) is 0 Å². The zero-order valence-corrected chi connectivity index (χ0v) is 19.3. The van der Waals surface area contributed by atoms with Crippen molar-refractivity contribution < 1.29 is 19.1 Å². The molecule has 0 unspecified atom stereocenters. The van der Waals surface area contributed by atoms with Gasteiger partial charge in [0.25, 0.3) is 5.56 Å². The molecule has 4 N–H and O–H groups in total. The third-order valence-electron chi connectivity index (χ3n) is 5.55. The fraction of sp³-hybridized carbons (Fsp3) is 0.269. The highest BCUT2D eigenvalue weighted by molar-refractivity contribution is 6.11. The van der Waals surface area contributed by atoms with Gasteiger partial charge >= 0.3 is 5.97 Å². The molecule has 0 radical (unpaired) electrons. The second-order valence-corrected chi connectivity index (χ2v) is 8.67. The Labute approximate surface area is 197 Å². The summed E-state index contributed by atoms with van der Waals surface area (Å²) < 4.78 is 14.8. The van der Waals surface area contributed by atoms with E-state index in [-0.39, 0.29) is 22.9 Å². The standard InChI is InChI=1S/C26H28FN3O4/c1-15(2)12-22(26(33)34)29-14-17-4-7-19(8-5-17)30-23(31)11-9-20(25(30)28)24(32)18-6-10-21(27)16(3)13-18/h4-11,13,15,22,29H,12,14,28H2,1-3H3,(H,33,34)/t22-/m0/s1. The summed E-state index contributed by atoms with van der Waals surface area (Å²) in [6.07, 6.45) is 0.508. The number of anilines is 1. The van der Waals surface area contributed by atoms with Gasteiger partial charge in [-0.15, -0.1) is 0 Å². The molecular formula is C26H28FN3O4. The second kappa shape index (κ2) is 10.4. The first-order chi connectivity index (χ1) is 16.1. The molecule has 1 heterocycles. The highest BCUT2D eigenvalue weighted by Crippen LogP contribution is 2.20. The average Bonchev–Trinajstić information content (AvgIpc) is 2.78. The van der Waals surface area contributed by atoms with Gasteiger partial charge in [0, 0.05) is 18.2 Å². The Morgan fingerprint density at radius 3 is 2.35 bits per heavy atom. The maximum absolute atomic E-state index is 13.6. The third-order valence-corrected chi connectivity index (χ3v) is 5.55. The molecule has 0 fully saturated rings. The zero-order valence-electron chi connectivity index (χ0n) is 19.3. The molecule has 0 aliphatic carbocycles. The van der Waals surface area contributed by atoms with Crippen molar-refractivity contribution in [3.8, 4) is 5.69 Å². The highest BCUT2D eigenvalue weighted by Gasteiger charge is 2.19. The van der Waals surface area contributed by atoms with E-state index in [9.17, 15) is 23.9 Å². The Bertz CT molecular complexity index is 1270. The summed E-state index contributed by atoms with van der Waals surface area (Å²) >= 11 is 0. The van der Waals surface area contributed by atoms with E-state index in [1.807, 2.05) is 13.8 Å². The molecule has 0 bridgehead atoms. The fourth-order valence-corrected chi connectivity index (χ4v) is 3.70. The fourth-order valence-electron chi connectivity index (χ4n) is 3.70. The van der Waals surface area contributed by atoms with Gasteiger partial charge in [-0.25, -0.2) is 4.39 Å². The monoisotopic (exact) mass is 465 g/mol. The van der Waals surface area contributed by atoms with Crippen LogP contribution in [0.1, 0.15) is 47.3 Å². The molecular weight excluding hydrogens is 437 g/mol. The molecule has 1 aromatic heterocycles. The summed E-state index contributed by atoms with van der Waals surface area (Å²) in [6, 6.07) is 12.9. The number of carboxylic acid groups (broad SMARTS) is 1. The lowest BCUT2D eigenvalue weighted by Crippen LogP contribution is -2.37. The Morgan fingerprint density at radius 1 is 1.09 bits per heavy atom. The van der Waals surface area contributed by atoms with Crippen LogP contribution in [-0.2, 0) is 11.3 Å². The van der Waals surface area contributed by atoms with Crippen molar-refractivity contribution in [3.05, 3.63) is 93.0 Å². The first kappa shape index (κ1) is 24.9. The number of rotatable bonds is 9. The quantitative estimate of drug-likeness (QED) is 0.415. The van der Waals surface area contributed by atoms with Gasteiger partial charge in [0.15, 0.2) is 5.78 Å². The molecule has 0 aliphatic heterocycles. The number of benzene rings is 2. The number of aryl methyl sites for hydroxylation is 1. The molecule has 0 spiro atoms. The topological polar surface area (TPSA) is 114 Å². The molecule has 7 nitrogen and oxygen atoms in total. The normalized spacial score (nSPS) is 12.0. The van der Waals surface area contributed by atoms with E-state index in [2.05, 4.69) is 5.32 Å². The lowest BCUT2D eigenvalue weighted by atomic mass is 10.0. The van der Waals surface area contributed by atoms with Crippen LogP contribution in [0.2, 0.25) is 0 Å². The summed E-state index contributed by atoms with van der Waals surface area (Å²) in [4.78, 5) is 37.0. The summed E-state index contributed by atoms with van der Waals surface area (Å²) in [7, 11) is 0. The van der Waals surface area contributed by atoms with Gasteiger partial charge in [0.05, 0.1) is 11.3 Å². The minimum Gasteiger partial charge on any atom is -0.480 e. The van der Waals surface area contributed by atoms with E-state index in [1.165, 1.54) is 34.9 Å². The highest BCUT2D eigenvalue weighted by atomic mass is 19.1. The van der Waals surface area contributed by atoms with Crippen molar-refractivity contribution in [1.29, 1.82) is 0 Å². The number of nitrogens with two attached hydrogens (primary N) is 1. The van der Waals surface area contributed by atoms with Crippen molar-refractivity contribution in [2.75, 3.05) is 5.73 Å². The van der Waals surface area contributed by atoms with Crippen LogP contribution in [0.5, 0.6) is 0 Å². The number of carboxylic acids is 1. The number of ketones is 1. The van der Waals surface area contributed by atoms with E-state index >= 15 is 0 Å². The molecule has 1 atom stereocenters. The predicted molar refractivity (Wildman–Crippen MR) is 129 cm³/mol. The largest absolute Gasteiger partial charge is 0.480 e. The molecule has 34 heavy (non-hydrogen) atoms. The van der Waals surface area contributed by atoms with Crippen molar-refractivity contribution in [2.24, 2.45) is 5.92 Å². The van der Waals surface area contributed by atoms with Crippen LogP contribution >= 0.6 is 0 Å². The summed E-state index contributed by atoms with van der Waals surface area (Å²) in [5.74, 6) is -1.52. The molecule has 0 aliphatic rings. The first-order valence-corrected chi connectivity index (χ1v) is 11.0. The lowest BCUT2D eigenvalue weighted by molar-refractivity contribution is -0.140. The molecule has 2 aromatic carbocycles. The number of carbonyl (C=O) groups excluding carboxylic acids is 1. The first-order valence-electron chi connectivity index (χ1n) is 11.0. The number of pyridine rings is 1. The number of nitrogens with one attached hydrogen (secondary N) is 1. The molecule has 3 rings (SSSR count). The second-order valence-electron chi connectivity index (χ2n) is 8.67. The van der Waals surface area contributed by atoms with Gasteiger partial charge in [-0.1, -0.05) is 26.0 Å². The molecule has 0 saturated heterocycles. The van der Waals surface area contributed by atoms with E-state index in [0.717, 1.165) is 5.56 Å². The third kappa shape index (κ3) is 5.58. The van der Waals surface area contributed by atoms with Crippen LogP contribution in [0.4, 0.5) is 10.2 Å².